The smallest absolute Gasteiger partial charge is 0.246 e. The van der Waals surface area contributed by atoms with Crippen molar-refractivity contribution in [2.75, 3.05) is 51.0 Å². The number of halogens is 3. The Balaban J connectivity index is 1.74. The molecule has 1 saturated heterocycles. The maximum atomic E-state index is 15.0. The Bertz CT molecular complexity index is 1250. The van der Waals surface area contributed by atoms with Gasteiger partial charge in [-0.25, -0.2) is 8.78 Å². The number of ether oxygens (including phenoxy) is 2. The molecule has 0 aliphatic carbocycles. The summed E-state index contributed by atoms with van der Waals surface area (Å²) in [5.41, 5.74) is 1.84. The van der Waals surface area contributed by atoms with Crippen LogP contribution < -0.4 is 5.32 Å². The third kappa shape index (κ3) is 6.24. The summed E-state index contributed by atoms with van der Waals surface area (Å²) in [6, 6.07) is 4.82. The number of rotatable bonds is 7. The number of methoxy groups -OCH3 is 1. The van der Waals surface area contributed by atoms with Crippen molar-refractivity contribution in [1.29, 1.82) is 5.41 Å². The van der Waals surface area contributed by atoms with Gasteiger partial charge in [0.15, 0.2) is 0 Å². The lowest BCUT2D eigenvalue weighted by Gasteiger charge is -2.45. The minimum atomic E-state index is -0.717. The number of carbonyl (C=O) groups is 1. The summed E-state index contributed by atoms with van der Waals surface area (Å²) < 4.78 is 39.8. The van der Waals surface area contributed by atoms with Crippen LogP contribution >= 0.6 is 23.4 Å². The van der Waals surface area contributed by atoms with Crippen molar-refractivity contribution in [3.8, 4) is 11.1 Å². The summed E-state index contributed by atoms with van der Waals surface area (Å²) in [5.74, 6) is -0.725. The molecule has 2 aliphatic rings. The molecule has 2 aromatic carbocycles. The van der Waals surface area contributed by atoms with Gasteiger partial charge in [-0.15, -0.1) is 11.8 Å². The molecule has 0 saturated carbocycles. The average molecular weight is 579 g/mol. The number of carbonyl (C=O) groups excluding carboxylic acids is 1. The Labute approximate surface area is 237 Å². The molecule has 0 radical (unpaired) electrons. The number of hydrogen-bond acceptors (Lipinski definition) is 6. The Kier molecular flexibility index (Phi) is 9.53. The molecular weight excluding hydrogens is 546 g/mol. The summed E-state index contributed by atoms with van der Waals surface area (Å²) in [7, 11) is 1.61. The molecule has 1 amide bonds. The van der Waals surface area contributed by atoms with E-state index in [1.54, 1.807) is 18.1 Å². The lowest BCUT2D eigenvalue weighted by molar-refractivity contribution is -0.132. The third-order valence-electron chi connectivity index (χ3n) is 6.91. The predicted octanol–water partition coefficient (Wildman–Crippen LogP) is 5.27. The monoisotopic (exact) mass is 578 g/mol. The minimum absolute atomic E-state index is 0.137. The molecular formula is C28H33ClF2N4O3S. The molecule has 4 rings (SSSR count). The number of hydrogen-bond donors (Lipinski definition) is 2. The van der Waals surface area contributed by atoms with Crippen LogP contribution in [-0.2, 0) is 14.3 Å². The lowest BCUT2D eigenvalue weighted by Crippen LogP contribution is -2.59. The molecule has 39 heavy (non-hydrogen) atoms. The highest BCUT2D eigenvalue weighted by Gasteiger charge is 2.35. The molecule has 2 unspecified atom stereocenters. The predicted molar refractivity (Wildman–Crippen MR) is 152 cm³/mol. The van der Waals surface area contributed by atoms with Gasteiger partial charge in [0.2, 0.25) is 5.91 Å². The maximum Gasteiger partial charge on any atom is 0.246 e. The SMILES string of the molecule is C=CC(=O)N1C(C)CN(C(=N)c2cc(Cl)c(-c3ccc(F)cc3F)c3c2NCC(OCCOC)CS3)C[C@H]1C. The second kappa shape index (κ2) is 12.7. The Hall–Kier alpha value is -2.66. The normalized spacial score (nSPS) is 21.1. The molecule has 1 fully saturated rings. The van der Waals surface area contributed by atoms with Crippen molar-refractivity contribution in [2.24, 2.45) is 0 Å². The first-order valence-electron chi connectivity index (χ1n) is 12.7. The van der Waals surface area contributed by atoms with Gasteiger partial charge in [-0.2, -0.15) is 0 Å². The van der Waals surface area contributed by atoms with E-state index in [9.17, 15) is 19.0 Å². The highest BCUT2D eigenvalue weighted by molar-refractivity contribution is 7.99. The van der Waals surface area contributed by atoms with Crippen molar-refractivity contribution in [1.82, 2.24) is 9.80 Å². The third-order valence-corrected chi connectivity index (χ3v) is 8.45. The van der Waals surface area contributed by atoms with Crippen LogP contribution in [0.3, 0.4) is 0 Å². The number of anilines is 1. The van der Waals surface area contributed by atoms with E-state index in [1.807, 2.05) is 18.7 Å². The quantitative estimate of drug-likeness (QED) is 0.202. The maximum absolute atomic E-state index is 15.0. The summed E-state index contributed by atoms with van der Waals surface area (Å²) in [6.45, 7) is 9.76. The fraction of sp³-hybridized carbons (Fsp3) is 0.429. The molecule has 2 aliphatic heterocycles. The van der Waals surface area contributed by atoms with E-state index in [0.717, 1.165) is 6.07 Å². The van der Waals surface area contributed by atoms with Gasteiger partial charge in [0.05, 0.1) is 30.0 Å². The van der Waals surface area contributed by atoms with E-state index < -0.39 is 11.6 Å². The number of fused-ring (bicyclic) bond motifs is 1. The van der Waals surface area contributed by atoms with Crippen LogP contribution in [0.2, 0.25) is 5.02 Å². The van der Waals surface area contributed by atoms with E-state index in [4.69, 9.17) is 21.1 Å². The number of benzene rings is 2. The zero-order valence-corrected chi connectivity index (χ0v) is 23.8. The number of amidine groups is 1. The molecule has 7 nitrogen and oxygen atoms in total. The highest BCUT2D eigenvalue weighted by Crippen LogP contribution is 2.46. The van der Waals surface area contributed by atoms with E-state index in [1.165, 1.54) is 30.0 Å². The summed E-state index contributed by atoms with van der Waals surface area (Å²) in [4.78, 5) is 16.8. The van der Waals surface area contributed by atoms with E-state index in [-0.39, 0.29) is 40.5 Å². The molecule has 2 heterocycles. The zero-order valence-electron chi connectivity index (χ0n) is 22.2. The van der Waals surface area contributed by atoms with Crippen molar-refractivity contribution in [3.05, 3.63) is 59.1 Å². The van der Waals surface area contributed by atoms with Crippen LogP contribution in [0.5, 0.6) is 0 Å². The van der Waals surface area contributed by atoms with Crippen LogP contribution in [0, 0.1) is 17.0 Å². The molecule has 0 aromatic heterocycles. The zero-order chi connectivity index (χ0) is 28.3. The first kappa shape index (κ1) is 29.3. The van der Waals surface area contributed by atoms with E-state index >= 15 is 0 Å². The summed E-state index contributed by atoms with van der Waals surface area (Å²) in [6.07, 6.45) is 1.14. The second-order valence-corrected chi connectivity index (χ2v) is 11.1. The van der Waals surface area contributed by atoms with Crippen molar-refractivity contribution in [3.63, 3.8) is 0 Å². The van der Waals surface area contributed by atoms with Gasteiger partial charge in [-0.3, -0.25) is 10.2 Å². The molecule has 210 valence electrons. The van der Waals surface area contributed by atoms with Gasteiger partial charge in [0, 0.05) is 72.2 Å². The first-order chi connectivity index (χ1) is 18.7. The van der Waals surface area contributed by atoms with Crippen molar-refractivity contribution in [2.45, 2.75) is 36.9 Å². The van der Waals surface area contributed by atoms with Gasteiger partial charge in [0.25, 0.3) is 0 Å². The van der Waals surface area contributed by atoms with Crippen LogP contribution in [0.4, 0.5) is 14.5 Å². The Morgan fingerprint density at radius 1 is 1.26 bits per heavy atom. The van der Waals surface area contributed by atoms with Crippen molar-refractivity contribution < 1.29 is 23.0 Å². The first-order valence-corrected chi connectivity index (χ1v) is 14.1. The second-order valence-electron chi connectivity index (χ2n) is 9.69. The number of piperazine rings is 1. The number of nitrogens with zero attached hydrogens (tertiary/aromatic N) is 2. The van der Waals surface area contributed by atoms with E-state index in [0.29, 0.717) is 60.3 Å². The molecule has 2 aromatic rings. The van der Waals surface area contributed by atoms with E-state index in [2.05, 4.69) is 11.9 Å². The fourth-order valence-corrected chi connectivity index (χ4v) is 6.77. The molecule has 0 bridgehead atoms. The average Bonchev–Trinajstić information content (AvgIpc) is 3.11. The van der Waals surface area contributed by atoms with Crippen LogP contribution in [0.15, 0.2) is 41.8 Å². The summed E-state index contributed by atoms with van der Waals surface area (Å²) in [5, 5.41) is 12.9. The topological polar surface area (TPSA) is 77.9 Å². The van der Waals surface area contributed by atoms with Crippen molar-refractivity contribution >= 4 is 40.8 Å². The van der Waals surface area contributed by atoms with Crippen LogP contribution in [0.25, 0.3) is 11.1 Å². The number of amides is 1. The number of nitrogens with one attached hydrogen (secondary N) is 2. The largest absolute Gasteiger partial charge is 0.382 e. The standard InChI is InChI=1S/C28H33ClF2N4O3S/c1-5-24(36)35-16(2)13-34(14-17(35)3)28(32)21-11-22(29)25(20-7-6-18(30)10-23(20)31)27-26(21)33-12-19(15-39-27)38-9-8-37-4/h5-7,10-11,16-17,19,32-33H,1,8-9,12-15H2,2-4H3/t16-,17?,19?/m1/s1. The van der Waals surface area contributed by atoms with Gasteiger partial charge in [-0.1, -0.05) is 18.2 Å². The number of thioether (sulfide) groups is 1. The lowest BCUT2D eigenvalue weighted by atomic mass is 9.99. The Morgan fingerprint density at radius 3 is 2.62 bits per heavy atom. The molecule has 0 spiro atoms. The molecule has 2 N–H and O–H groups in total. The summed E-state index contributed by atoms with van der Waals surface area (Å²) >= 11 is 8.26. The highest BCUT2D eigenvalue weighted by atomic mass is 35.5. The Morgan fingerprint density at radius 2 is 1.97 bits per heavy atom. The van der Waals surface area contributed by atoms with Crippen LogP contribution in [0.1, 0.15) is 19.4 Å². The minimum Gasteiger partial charge on any atom is -0.382 e. The van der Waals surface area contributed by atoms with Crippen LogP contribution in [-0.4, -0.2) is 85.4 Å². The fourth-order valence-electron chi connectivity index (χ4n) is 5.15. The van der Waals surface area contributed by atoms with Gasteiger partial charge in [0.1, 0.15) is 17.5 Å². The molecule has 11 heteroatoms. The molecule has 3 atom stereocenters. The van der Waals surface area contributed by atoms with Gasteiger partial charge < -0.3 is 24.6 Å². The van der Waals surface area contributed by atoms with Gasteiger partial charge >= 0.3 is 0 Å². The van der Waals surface area contributed by atoms with Gasteiger partial charge in [-0.05, 0) is 38.1 Å².